The van der Waals surface area contributed by atoms with Gasteiger partial charge in [0.15, 0.2) is 0 Å². The van der Waals surface area contributed by atoms with Crippen LogP contribution >= 0.6 is 24.8 Å². The average molecular weight is 312 g/mol. The third-order valence-corrected chi connectivity index (χ3v) is 4.25. The Morgan fingerprint density at radius 3 is 2.80 bits per heavy atom. The van der Waals surface area contributed by atoms with Gasteiger partial charge in [0.1, 0.15) is 0 Å². The molecule has 0 aliphatic carbocycles. The Bertz CT molecular complexity index is 590. The fraction of sp³-hybridized carbons (Fsp3) is 0.400. The van der Waals surface area contributed by atoms with Gasteiger partial charge in [-0.25, -0.2) is 0 Å². The van der Waals surface area contributed by atoms with Gasteiger partial charge < -0.3 is 4.90 Å². The number of hydrogen-bond acceptors (Lipinski definition) is 3. The lowest BCUT2D eigenvalue weighted by Gasteiger charge is -2.36. The number of rotatable bonds is 1. The van der Waals surface area contributed by atoms with Crippen LogP contribution < -0.4 is 4.90 Å². The van der Waals surface area contributed by atoms with Gasteiger partial charge in [-0.15, -0.1) is 24.8 Å². The number of para-hydroxylation sites is 1. The van der Waals surface area contributed by atoms with Crippen LogP contribution in [0.4, 0.5) is 5.69 Å². The lowest BCUT2D eigenvalue weighted by Crippen LogP contribution is -2.46. The highest BCUT2D eigenvalue weighted by Crippen LogP contribution is 2.28. The molecule has 3 nitrogen and oxygen atoms in total. The van der Waals surface area contributed by atoms with E-state index in [2.05, 4.69) is 39.0 Å². The van der Waals surface area contributed by atoms with Crippen molar-refractivity contribution in [3.05, 3.63) is 36.5 Å². The number of pyridine rings is 1. The fourth-order valence-electron chi connectivity index (χ4n) is 3.26. The van der Waals surface area contributed by atoms with Crippen LogP contribution in [-0.2, 0) is 0 Å². The van der Waals surface area contributed by atoms with Gasteiger partial charge in [0.2, 0.25) is 0 Å². The maximum atomic E-state index is 4.58. The van der Waals surface area contributed by atoms with E-state index in [1.165, 1.54) is 37.1 Å². The smallest absolute Gasteiger partial charge is 0.0703 e. The topological polar surface area (TPSA) is 19.4 Å². The number of hydrogen-bond donors (Lipinski definition) is 0. The van der Waals surface area contributed by atoms with E-state index in [4.69, 9.17) is 0 Å². The van der Waals surface area contributed by atoms with Gasteiger partial charge >= 0.3 is 0 Å². The molecule has 2 aliphatic heterocycles. The van der Waals surface area contributed by atoms with Crippen molar-refractivity contribution in [2.24, 2.45) is 0 Å². The Kier molecular flexibility index (Phi) is 4.74. The van der Waals surface area contributed by atoms with E-state index >= 15 is 0 Å². The number of nitrogens with zero attached hydrogens (tertiary/aromatic N) is 3. The average Bonchev–Trinajstić information content (AvgIpc) is 2.80. The Morgan fingerprint density at radius 2 is 1.90 bits per heavy atom. The van der Waals surface area contributed by atoms with Crippen LogP contribution in [-0.4, -0.2) is 42.1 Å². The summed E-state index contributed by atoms with van der Waals surface area (Å²) in [5, 5.41) is 1.25. The van der Waals surface area contributed by atoms with Crippen molar-refractivity contribution in [3.8, 4) is 0 Å². The van der Waals surface area contributed by atoms with Crippen molar-refractivity contribution in [2.75, 3.05) is 31.1 Å². The van der Waals surface area contributed by atoms with Gasteiger partial charge in [0.25, 0.3) is 0 Å². The standard InChI is InChI=1S/C15H17N3.2ClH/c1-2-4-15-12(3-1)9-14(10-16-15)18-8-7-17-6-5-13(18)11-17;;/h1-4,9-10,13H,5-8,11H2;2*1H. The van der Waals surface area contributed by atoms with Crippen LogP contribution in [0, 0.1) is 0 Å². The predicted octanol–water partition coefficient (Wildman–Crippen LogP) is 2.97. The summed E-state index contributed by atoms with van der Waals surface area (Å²) in [5.41, 5.74) is 2.38. The summed E-state index contributed by atoms with van der Waals surface area (Å²) in [6.07, 6.45) is 3.34. The minimum Gasteiger partial charge on any atom is -0.365 e. The maximum Gasteiger partial charge on any atom is 0.0703 e. The molecule has 5 heteroatoms. The molecular formula is C15H19Cl2N3. The van der Waals surface area contributed by atoms with Crippen LogP contribution in [0.15, 0.2) is 36.5 Å². The van der Waals surface area contributed by atoms with E-state index in [0.717, 1.165) is 12.1 Å². The maximum absolute atomic E-state index is 4.58. The van der Waals surface area contributed by atoms with Crippen LogP contribution in [0.5, 0.6) is 0 Å². The zero-order chi connectivity index (χ0) is 11.9. The molecule has 108 valence electrons. The second kappa shape index (κ2) is 6.17. The summed E-state index contributed by atoms with van der Waals surface area (Å²) in [6, 6.07) is 11.3. The minimum atomic E-state index is 0. The Labute approximate surface area is 131 Å². The van der Waals surface area contributed by atoms with Crippen LogP contribution in [0.25, 0.3) is 10.9 Å². The Morgan fingerprint density at radius 1 is 1.05 bits per heavy atom. The largest absolute Gasteiger partial charge is 0.365 e. The summed E-state index contributed by atoms with van der Waals surface area (Å²) in [5.74, 6) is 0. The minimum absolute atomic E-state index is 0. The SMILES string of the molecule is Cl.Cl.c1ccc2ncc(N3CCN4CCC3C4)cc2c1. The zero-order valence-electron chi connectivity index (χ0n) is 11.2. The van der Waals surface area contributed by atoms with Gasteiger partial charge in [-0.2, -0.15) is 0 Å². The molecule has 2 saturated heterocycles. The summed E-state index contributed by atoms with van der Waals surface area (Å²) in [7, 11) is 0. The van der Waals surface area contributed by atoms with Gasteiger partial charge in [0, 0.05) is 37.6 Å². The number of fused-ring (bicyclic) bond motifs is 3. The fourth-order valence-corrected chi connectivity index (χ4v) is 3.26. The molecule has 2 aliphatic rings. The predicted molar refractivity (Wildman–Crippen MR) is 88.4 cm³/mol. The molecule has 2 aromatic rings. The molecule has 0 N–H and O–H groups in total. The second-order valence-corrected chi connectivity index (χ2v) is 5.32. The molecule has 1 aromatic carbocycles. The number of halogens is 2. The first-order valence-corrected chi connectivity index (χ1v) is 6.74. The monoisotopic (exact) mass is 311 g/mol. The Balaban J connectivity index is 0.000000735. The molecule has 2 unspecified atom stereocenters. The number of aromatic nitrogens is 1. The highest BCUT2D eigenvalue weighted by Gasteiger charge is 2.32. The first-order valence-electron chi connectivity index (χ1n) is 6.74. The van der Waals surface area contributed by atoms with Crippen molar-refractivity contribution >= 4 is 41.4 Å². The molecule has 0 amide bonds. The van der Waals surface area contributed by atoms with Crippen molar-refractivity contribution in [1.29, 1.82) is 0 Å². The Hall–Kier alpha value is -1.03. The quantitative estimate of drug-likeness (QED) is 0.807. The van der Waals surface area contributed by atoms with Crippen LogP contribution in [0.3, 0.4) is 0 Å². The highest BCUT2D eigenvalue weighted by molar-refractivity contribution is 5.85. The first kappa shape index (κ1) is 15.4. The van der Waals surface area contributed by atoms with Crippen LogP contribution in [0.2, 0.25) is 0 Å². The lowest BCUT2D eigenvalue weighted by molar-refractivity contribution is 0.311. The van der Waals surface area contributed by atoms with Gasteiger partial charge in [0.05, 0.1) is 17.4 Å². The molecule has 2 bridgehead atoms. The summed E-state index contributed by atoms with van der Waals surface area (Å²) in [4.78, 5) is 9.69. The van der Waals surface area contributed by atoms with E-state index in [1.54, 1.807) is 0 Å². The molecule has 3 heterocycles. The van der Waals surface area contributed by atoms with Gasteiger partial charge in [-0.05, 0) is 18.6 Å². The second-order valence-electron chi connectivity index (χ2n) is 5.32. The molecule has 1 aromatic heterocycles. The molecular weight excluding hydrogens is 293 g/mol. The highest BCUT2D eigenvalue weighted by atomic mass is 35.5. The molecule has 2 atom stereocenters. The molecule has 0 saturated carbocycles. The third kappa shape index (κ3) is 2.58. The van der Waals surface area contributed by atoms with E-state index in [9.17, 15) is 0 Å². The van der Waals surface area contributed by atoms with E-state index in [1.807, 2.05) is 12.3 Å². The van der Waals surface area contributed by atoms with Crippen molar-refractivity contribution in [1.82, 2.24) is 9.88 Å². The van der Waals surface area contributed by atoms with Crippen molar-refractivity contribution < 1.29 is 0 Å². The molecule has 4 rings (SSSR count). The molecule has 0 spiro atoms. The van der Waals surface area contributed by atoms with E-state index in [-0.39, 0.29) is 24.8 Å². The number of benzene rings is 1. The van der Waals surface area contributed by atoms with Gasteiger partial charge in [-0.3, -0.25) is 9.88 Å². The normalized spacial score (nSPS) is 24.1. The lowest BCUT2D eigenvalue weighted by atomic mass is 10.1. The molecule has 20 heavy (non-hydrogen) atoms. The summed E-state index contributed by atoms with van der Waals surface area (Å²) in [6.45, 7) is 4.84. The zero-order valence-corrected chi connectivity index (χ0v) is 12.9. The third-order valence-electron chi connectivity index (χ3n) is 4.25. The van der Waals surface area contributed by atoms with Gasteiger partial charge in [-0.1, -0.05) is 18.2 Å². The summed E-state index contributed by atoms with van der Waals surface area (Å²) < 4.78 is 0. The first-order chi connectivity index (χ1) is 8.90. The summed E-state index contributed by atoms with van der Waals surface area (Å²) >= 11 is 0. The van der Waals surface area contributed by atoms with Crippen molar-refractivity contribution in [3.63, 3.8) is 0 Å². The molecule has 2 fully saturated rings. The number of piperazine rings is 1. The number of anilines is 1. The van der Waals surface area contributed by atoms with Crippen LogP contribution in [0.1, 0.15) is 6.42 Å². The van der Waals surface area contributed by atoms with Crippen molar-refractivity contribution in [2.45, 2.75) is 12.5 Å². The molecule has 0 radical (unpaired) electrons. The van der Waals surface area contributed by atoms with E-state index < -0.39 is 0 Å². The van der Waals surface area contributed by atoms with E-state index in [0.29, 0.717) is 6.04 Å².